The number of rotatable bonds is 2. The van der Waals surface area contributed by atoms with E-state index in [-0.39, 0.29) is 16.0 Å². The van der Waals surface area contributed by atoms with Gasteiger partial charge in [0.25, 0.3) is 0 Å². The number of aromatic carboxylic acids is 1. The molecule has 0 unspecified atom stereocenters. The van der Waals surface area contributed by atoms with Crippen LogP contribution in [0.3, 0.4) is 0 Å². The average Bonchev–Trinajstić information content (AvgIpc) is 2.03. The summed E-state index contributed by atoms with van der Waals surface area (Å²) in [5, 5.41) is 8.59. The predicted octanol–water partition coefficient (Wildman–Crippen LogP) is 0.772. The monoisotopic (exact) mass is 197 g/mol. The maximum atomic E-state index is 10.7. The molecule has 5 heteroatoms. The van der Waals surface area contributed by atoms with Gasteiger partial charge in [-0.15, -0.1) is 12.6 Å². The molecular weight excluding hydrogens is 190 g/mol. The molecular formula is C8H7NO3S. The van der Waals surface area contributed by atoms with Crippen LogP contribution in [0.2, 0.25) is 0 Å². The molecule has 0 aliphatic carbocycles. The van der Waals surface area contributed by atoms with Crippen molar-refractivity contribution in [3.8, 4) is 0 Å². The van der Waals surface area contributed by atoms with Gasteiger partial charge >= 0.3 is 5.97 Å². The van der Waals surface area contributed by atoms with Crippen LogP contribution in [0.1, 0.15) is 20.7 Å². The van der Waals surface area contributed by atoms with E-state index in [0.717, 1.165) is 0 Å². The van der Waals surface area contributed by atoms with Crippen molar-refractivity contribution in [1.82, 2.24) is 0 Å². The van der Waals surface area contributed by atoms with E-state index in [9.17, 15) is 9.59 Å². The summed E-state index contributed by atoms with van der Waals surface area (Å²) in [7, 11) is 0. The van der Waals surface area contributed by atoms with Gasteiger partial charge in [0.1, 0.15) is 0 Å². The van der Waals surface area contributed by atoms with E-state index in [1.54, 1.807) is 0 Å². The Labute approximate surface area is 79.8 Å². The van der Waals surface area contributed by atoms with Crippen LogP contribution in [0.5, 0.6) is 0 Å². The van der Waals surface area contributed by atoms with Gasteiger partial charge in [-0.2, -0.15) is 0 Å². The van der Waals surface area contributed by atoms with Crippen molar-refractivity contribution in [3.05, 3.63) is 29.3 Å². The minimum absolute atomic E-state index is 0.0787. The Morgan fingerprint density at radius 3 is 2.38 bits per heavy atom. The van der Waals surface area contributed by atoms with Crippen LogP contribution < -0.4 is 5.73 Å². The Morgan fingerprint density at radius 1 is 1.38 bits per heavy atom. The molecule has 0 radical (unpaired) electrons. The lowest BCUT2D eigenvalue weighted by molar-refractivity contribution is 0.0696. The first kappa shape index (κ1) is 9.60. The second-order valence-corrected chi connectivity index (χ2v) is 2.88. The Hall–Kier alpha value is -1.49. The molecule has 3 N–H and O–H groups in total. The zero-order valence-electron chi connectivity index (χ0n) is 6.52. The Bertz CT molecular complexity index is 376. The van der Waals surface area contributed by atoms with E-state index >= 15 is 0 Å². The van der Waals surface area contributed by atoms with Gasteiger partial charge in [0.2, 0.25) is 5.91 Å². The van der Waals surface area contributed by atoms with E-state index in [4.69, 9.17) is 10.8 Å². The third-order valence-corrected chi connectivity index (χ3v) is 1.88. The van der Waals surface area contributed by atoms with E-state index in [2.05, 4.69) is 12.6 Å². The molecule has 0 aliphatic heterocycles. The smallest absolute Gasteiger partial charge is 0.335 e. The zero-order valence-corrected chi connectivity index (χ0v) is 7.41. The topological polar surface area (TPSA) is 80.4 Å². The van der Waals surface area contributed by atoms with Crippen molar-refractivity contribution in [2.75, 3.05) is 0 Å². The number of carboxylic acid groups (broad SMARTS) is 1. The first-order valence-corrected chi connectivity index (χ1v) is 3.83. The number of carbonyl (C=O) groups is 2. The predicted molar refractivity (Wildman–Crippen MR) is 49.2 cm³/mol. The molecule has 0 spiro atoms. The Kier molecular flexibility index (Phi) is 2.57. The van der Waals surface area contributed by atoms with Crippen LogP contribution in [0.15, 0.2) is 23.1 Å². The number of thiol groups is 1. The molecule has 1 amide bonds. The maximum absolute atomic E-state index is 10.7. The molecule has 0 aliphatic rings. The van der Waals surface area contributed by atoms with Crippen molar-refractivity contribution < 1.29 is 14.7 Å². The van der Waals surface area contributed by atoms with Crippen LogP contribution in [0.25, 0.3) is 0 Å². The molecule has 0 saturated carbocycles. The standard InChI is InChI=1S/C8H7NO3S/c9-7(10)5-2-1-4(8(11)12)3-6(5)13/h1-3,13H,(H2,9,10)(H,11,12). The summed E-state index contributed by atoms with van der Waals surface area (Å²) in [6.45, 7) is 0. The van der Waals surface area contributed by atoms with Gasteiger partial charge < -0.3 is 10.8 Å². The van der Waals surface area contributed by atoms with Crippen molar-refractivity contribution in [1.29, 1.82) is 0 Å². The Balaban J connectivity index is 3.20. The molecule has 68 valence electrons. The highest BCUT2D eigenvalue weighted by molar-refractivity contribution is 7.80. The number of primary amides is 1. The van der Waals surface area contributed by atoms with Gasteiger partial charge in [-0.25, -0.2) is 4.79 Å². The van der Waals surface area contributed by atoms with Gasteiger partial charge in [-0.05, 0) is 18.2 Å². The average molecular weight is 197 g/mol. The molecule has 4 nitrogen and oxygen atoms in total. The van der Waals surface area contributed by atoms with Crippen LogP contribution in [-0.4, -0.2) is 17.0 Å². The highest BCUT2D eigenvalue weighted by Crippen LogP contribution is 2.15. The number of amides is 1. The largest absolute Gasteiger partial charge is 0.478 e. The number of carbonyl (C=O) groups excluding carboxylic acids is 1. The van der Waals surface area contributed by atoms with E-state index in [1.165, 1.54) is 18.2 Å². The summed E-state index contributed by atoms with van der Waals surface area (Å²) in [5.41, 5.74) is 5.30. The first-order chi connectivity index (χ1) is 6.02. The molecule has 13 heavy (non-hydrogen) atoms. The lowest BCUT2D eigenvalue weighted by Gasteiger charge is -2.01. The molecule has 1 aromatic rings. The van der Waals surface area contributed by atoms with Gasteiger partial charge in [0.05, 0.1) is 11.1 Å². The van der Waals surface area contributed by atoms with Crippen molar-refractivity contribution in [2.45, 2.75) is 4.90 Å². The van der Waals surface area contributed by atoms with Crippen molar-refractivity contribution in [3.63, 3.8) is 0 Å². The zero-order chi connectivity index (χ0) is 10.0. The lowest BCUT2D eigenvalue weighted by atomic mass is 10.1. The SMILES string of the molecule is NC(=O)c1ccc(C(=O)O)cc1S. The van der Waals surface area contributed by atoms with Crippen molar-refractivity contribution >= 4 is 24.5 Å². The fourth-order valence-corrected chi connectivity index (χ4v) is 1.20. The van der Waals surface area contributed by atoms with Crippen LogP contribution in [-0.2, 0) is 0 Å². The molecule has 0 saturated heterocycles. The van der Waals surface area contributed by atoms with E-state index in [1.807, 2.05) is 0 Å². The van der Waals surface area contributed by atoms with Gasteiger partial charge in [-0.3, -0.25) is 4.79 Å². The second kappa shape index (κ2) is 3.49. The Morgan fingerprint density at radius 2 is 2.00 bits per heavy atom. The van der Waals surface area contributed by atoms with Crippen LogP contribution in [0.4, 0.5) is 0 Å². The fourth-order valence-electron chi connectivity index (χ4n) is 0.873. The van der Waals surface area contributed by atoms with Gasteiger partial charge in [0.15, 0.2) is 0 Å². The third-order valence-electron chi connectivity index (χ3n) is 1.51. The molecule has 0 bridgehead atoms. The molecule has 0 heterocycles. The number of nitrogens with two attached hydrogens (primary N) is 1. The summed E-state index contributed by atoms with van der Waals surface area (Å²) in [5.74, 6) is -1.69. The normalized spacial score (nSPS) is 9.62. The number of hydrogen-bond donors (Lipinski definition) is 3. The molecule has 0 fully saturated rings. The summed E-state index contributed by atoms with van der Waals surface area (Å²) in [4.78, 5) is 21.5. The van der Waals surface area contributed by atoms with E-state index < -0.39 is 11.9 Å². The highest BCUT2D eigenvalue weighted by Gasteiger charge is 2.08. The van der Waals surface area contributed by atoms with Crippen LogP contribution >= 0.6 is 12.6 Å². The molecule has 0 atom stereocenters. The van der Waals surface area contributed by atoms with E-state index in [0.29, 0.717) is 0 Å². The molecule has 0 aromatic heterocycles. The third kappa shape index (κ3) is 2.00. The van der Waals surface area contributed by atoms with Gasteiger partial charge in [-0.1, -0.05) is 0 Å². The summed E-state index contributed by atoms with van der Waals surface area (Å²) >= 11 is 3.94. The summed E-state index contributed by atoms with van der Waals surface area (Å²) in [6, 6.07) is 3.93. The minimum Gasteiger partial charge on any atom is -0.478 e. The van der Waals surface area contributed by atoms with Gasteiger partial charge in [0, 0.05) is 4.90 Å². The minimum atomic E-state index is -1.06. The quantitative estimate of drug-likeness (QED) is 0.612. The summed E-state index contributed by atoms with van der Waals surface area (Å²) < 4.78 is 0. The number of benzene rings is 1. The molecule has 1 aromatic carbocycles. The molecule has 1 rings (SSSR count). The fraction of sp³-hybridized carbons (Fsp3) is 0. The second-order valence-electron chi connectivity index (χ2n) is 2.40. The highest BCUT2D eigenvalue weighted by atomic mass is 32.1. The summed E-state index contributed by atoms with van der Waals surface area (Å²) in [6.07, 6.45) is 0. The maximum Gasteiger partial charge on any atom is 0.335 e. The number of carboxylic acids is 1. The first-order valence-electron chi connectivity index (χ1n) is 3.38. The van der Waals surface area contributed by atoms with Crippen molar-refractivity contribution in [2.24, 2.45) is 5.73 Å². The lowest BCUT2D eigenvalue weighted by Crippen LogP contribution is -2.12. The number of hydrogen-bond acceptors (Lipinski definition) is 3. The van der Waals surface area contributed by atoms with Crippen LogP contribution in [0, 0.1) is 0 Å².